The van der Waals surface area contributed by atoms with E-state index in [9.17, 15) is 26.9 Å². The lowest BCUT2D eigenvalue weighted by atomic mass is 10.1. The molecule has 3 aromatic carbocycles. The molecule has 0 aromatic heterocycles. The minimum Gasteiger partial charge on any atom is -0.497 e. The lowest BCUT2D eigenvalue weighted by Gasteiger charge is -2.28. The summed E-state index contributed by atoms with van der Waals surface area (Å²) in [7, 11) is -3.06. The zero-order valence-electron chi connectivity index (χ0n) is 16.3. The highest BCUT2D eigenvalue weighted by Crippen LogP contribution is 2.41. The highest BCUT2D eigenvalue weighted by atomic mass is 32.2. The van der Waals surface area contributed by atoms with Gasteiger partial charge in [0.25, 0.3) is 10.0 Å². The molecule has 0 saturated heterocycles. The molecule has 3 rings (SSSR count). The van der Waals surface area contributed by atoms with E-state index < -0.39 is 39.6 Å². The predicted octanol–water partition coefficient (Wildman–Crippen LogP) is 4.98. The molecule has 31 heavy (non-hydrogen) atoms. The van der Waals surface area contributed by atoms with Crippen LogP contribution >= 0.6 is 0 Å². The lowest BCUT2D eigenvalue weighted by Crippen LogP contribution is -2.33. The molecule has 0 unspecified atom stereocenters. The predicted molar refractivity (Wildman–Crippen MR) is 109 cm³/mol. The van der Waals surface area contributed by atoms with Crippen LogP contribution in [0.3, 0.4) is 0 Å². The molecule has 5 nitrogen and oxygen atoms in total. The highest BCUT2D eigenvalue weighted by molar-refractivity contribution is 7.92. The first kappa shape index (κ1) is 22.2. The fraction of sp³-hybridized carbons (Fsp3) is 0.136. The summed E-state index contributed by atoms with van der Waals surface area (Å²) in [5, 5.41) is 9.47. The molecule has 0 N–H and O–H groups in total. The van der Waals surface area contributed by atoms with Gasteiger partial charge in [0.15, 0.2) is 0 Å². The number of nitrogens with zero attached hydrogens (tertiary/aromatic N) is 2. The van der Waals surface area contributed by atoms with Crippen LogP contribution in [0.4, 0.5) is 18.9 Å². The Bertz CT molecular complexity index is 1200. The monoisotopic (exact) mass is 446 g/mol. The summed E-state index contributed by atoms with van der Waals surface area (Å²) < 4.78 is 74.1. The molecule has 0 fully saturated rings. The molecule has 0 bridgehead atoms. The fourth-order valence-electron chi connectivity index (χ4n) is 3.04. The molecular weight excluding hydrogens is 429 g/mol. The maximum atomic E-state index is 13.8. The summed E-state index contributed by atoms with van der Waals surface area (Å²) in [6.45, 7) is -0.392. The van der Waals surface area contributed by atoms with E-state index in [1.807, 2.05) is 0 Å². The van der Waals surface area contributed by atoms with Crippen LogP contribution in [0, 0.1) is 11.3 Å². The van der Waals surface area contributed by atoms with Crippen molar-refractivity contribution >= 4 is 15.7 Å². The molecule has 0 radical (unpaired) electrons. The van der Waals surface area contributed by atoms with Crippen LogP contribution in [-0.4, -0.2) is 15.5 Å². The summed E-state index contributed by atoms with van der Waals surface area (Å²) >= 11 is 0. The first-order chi connectivity index (χ1) is 14.7. The number of hydrogen-bond donors (Lipinski definition) is 0. The number of rotatable bonds is 6. The molecule has 0 spiro atoms. The van der Waals surface area contributed by atoms with Gasteiger partial charge in [-0.15, -0.1) is 0 Å². The van der Waals surface area contributed by atoms with E-state index in [-0.39, 0.29) is 4.90 Å². The minimum atomic E-state index is -4.87. The Morgan fingerprint density at radius 1 is 0.968 bits per heavy atom. The van der Waals surface area contributed by atoms with Crippen LogP contribution in [0.15, 0.2) is 77.7 Å². The van der Waals surface area contributed by atoms with Crippen LogP contribution < -0.4 is 9.04 Å². The molecule has 0 aliphatic carbocycles. The molecule has 9 heteroatoms. The van der Waals surface area contributed by atoms with E-state index in [1.54, 1.807) is 36.4 Å². The van der Waals surface area contributed by atoms with Gasteiger partial charge in [0.2, 0.25) is 0 Å². The van der Waals surface area contributed by atoms with Gasteiger partial charge in [-0.05, 0) is 42.0 Å². The number of nitriles is 1. The number of hydrogen-bond acceptors (Lipinski definition) is 4. The third kappa shape index (κ3) is 4.64. The van der Waals surface area contributed by atoms with E-state index >= 15 is 0 Å². The van der Waals surface area contributed by atoms with Crippen molar-refractivity contribution in [1.82, 2.24) is 0 Å². The molecule has 3 aromatic rings. The second kappa shape index (κ2) is 8.70. The number of ether oxygens (including phenoxy) is 1. The Hall–Kier alpha value is -3.51. The van der Waals surface area contributed by atoms with Crippen molar-refractivity contribution in [2.45, 2.75) is 17.6 Å². The van der Waals surface area contributed by atoms with Crippen LogP contribution in [0.2, 0.25) is 0 Å². The standard InChI is InChI=1S/C22H17F3N2O3S/c1-30-18-10-12-19(13-11-18)31(28,29)27(15-16-6-3-2-4-7-16)21-17(14-26)8-5-9-20(21)22(23,24)25/h2-13H,15H2,1H3. The first-order valence-corrected chi connectivity index (χ1v) is 10.4. The average Bonchev–Trinajstić information content (AvgIpc) is 2.77. The van der Waals surface area contributed by atoms with Crippen LogP contribution in [0.25, 0.3) is 0 Å². The van der Waals surface area contributed by atoms with Gasteiger partial charge in [-0.25, -0.2) is 8.42 Å². The molecule has 0 heterocycles. The molecule has 0 aliphatic heterocycles. The normalized spacial score (nSPS) is 11.6. The second-order valence-corrected chi connectivity index (χ2v) is 8.35. The maximum absolute atomic E-state index is 13.8. The molecule has 0 aliphatic rings. The average molecular weight is 446 g/mol. The minimum absolute atomic E-state index is 0.231. The summed E-state index contributed by atoms with van der Waals surface area (Å²) in [5.41, 5.74) is -1.86. The van der Waals surface area contributed by atoms with Crippen LogP contribution in [-0.2, 0) is 22.7 Å². The second-order valence-electron chi connectivity index (χ2n) is 6.48. The van der Waals surface area contributed by atoms with Crippen molar-refractivity contribution in [3.63, 3.8) is 0 Å². The first-order valence-electron chi connectivity index (χ1n) is 8.99. The zero-order chi connectivity index (χ0) is 22.6. The Kier molecular flexibility index (Phi) is 6.22. The number of halogens is 3. The third-order valence-electron chi connectivity index (χ3n) is 4.53. The van der Waals surface area contributed by atoms with Gasteiger partial charge in [0.1, 0.15) is 11.8 Å². The van der Waals surface area contributed by atoms with Gasteiger partial charge in [-0.1, -0.05) is 36.4 Å². The Balaban J connectivity index is 2.27. The fourth-order valence-corrected chi connectivity index (χ4v) is 4.53. The smallest absolute Gasteiger partial charge is 0.418 e. The van der Waals surface area contributed by atoms with Crippen LogP contribution in [0.1, 0.15) is 16.7 Å². The largest absolute Gasteiger partial charge is 0.497 e. The van der Waals surface area contributed by atoms with Gasteiger partial charge in [0.05, 0.1) is 35.4 Å². The van der Waals surface area contributed by atoms with Crippen molar-refractivity contribution in [2.75, 3.05) is 11.4 Å². The number of alkyl halides is 3. The van der Waals surface area contributed by atoms with Gasteiger partial charge in [-0.2, -0.15) is 18.4 Å². The van der Waals surface area contributed by atoms with E-state index in [0.29, 0.717) is 15.6 Å². The Morgan fingerprint density at radius 2 is 1.61 bits per heavy atom. The van der Waals surface area contributed by atoms with Crippen molar-refractivity contribution in [1.29, 1.82) is 5.26 Å². The molecule has 0 amide bonds. The number of sulfonamides is 1. The van der Waals surface area contributed by atoms with E-state index in [0.717, 1.165) is 18.2 Å². The molecule has 160 valence electrons. The van der Waals surface area contributed by atoms with Crippen molar-refractivity contribution in [3.8, 4) is 11.8 Å². The summed E-state index contributed by atoms with van der Waals surface area (Å²) in [4.78, 5) is -0.231. The van der Waals surface area contributed by atoms with Crippen molar-refractivity contribution in [3.05, 3.63) is 89.5 Å². The van der Waals surface area contributed by atoms with Gasteiger partial charge in [0, 0.05) is 0 Å². The number of benzene rings is 3. The van der Waals surface area contributed by atoms with E-state index in [4.69, 9.17) is 4.74 Å². The highest BCUT2D eigenvalue weighted by Gasteiger charge is 2.39. The van der Waals surface area contributed by atoms with Gasteiger partial charge >= 0.3 is 6.18 Å². The number of para-hydroxylation sites is 1. The zero-order valence-corrected chi connectivity index (χ0v) is 17.1. The quantitative estimate of drug-likeness (QED) is 0.535. The molecular formula is C22H17F3N2O3S. The topological polar surface area (TPSA) is 70.4 Å². The molecule has 0 atom stereocenters. The third-order valence-corrected chi connectivity index (χ3v) is 6.29. The number of methoxy groups -OCH3 is 1. The summed E-state index contributed by atoms with van der Waals surface area (Å²) in [5.74, 6) is 0.391. The number of anilines is 1. The van der Waals surface area contributed by atoms with E-state index in [2.05, 4.69) is 0 Å². The van der Waals surface area contributed by atoms with Crippen molar-refractivity contribution in [2.24, 2.45) is 0 Å². The van der Waals surface area contributed by atoms with Crippen molar-refractivity contribution < 1.29 is 26.3 Å². The molecule has 0 saturated carbocycles. The SMILES string of the molecule is COc1ccc(S(=O)(=O)N(Cc2ccccc2)c2c(C#N)cccc2C(F)(F)F)cc1. The summed E-state index contributed by atoms with van der Waals surface area (Å²) in [6.07, 6.45) is -4.87. The maximum Gasteiger partial charge on any atom is 0.418 e. The van der Waals surface area contributed by atoms with Gasteiger partial charge < -0.3 is 4.74 Å². The lowest BCUT2D eigenvalue weighted by molar-refractivity contribution is -0.137. The van der Waals surface area contributed by atoms with E-state index in [1.165, 1.54) is 31.4 Å². The van der Waals surface area contributed by atoms with Crippen LogP contribution in [0.5, 0.6) is 5.75 Å². The Labute approximate surface area is 178 Å². The Morgan fingerprint density at radius 3 is 2.16 bits per heavy atom. The van der Waals surface area contributed by atoms with Gasteiger partial charge in [-0.3, -0.25) is 4.31 Å². The summed E-state index contributed by atoms with van der Waals surface area (Å²) in [6, 6.07) is 18.2.